The number of ether oxygens (including phenoxy) is 4. The molecule has 4 aliphatic carbocycles. The smallest absolute Gasteiger partial charge is 0.303 e. The van der Waals surface area contributed by atoms with Crippen molar-refractivity contribution >= 4 is 11.9 Å². The first kappa shape index (κ1) is 26.1. The van der Waals surface area contributed by atoms with Gasteiger partial charge in [0.15, 0.2) is 5.79 Å². The van der Waals surface area contributed by atoms with Crippen LogP contribution >= 0.6 is 0 Å². The second-order valence-corrected chi connectivity index (χ2v) is 14.4. The molecule has 0 aromatic rings. The van der Waals surface area contributed by atoms with Gasteiger partial charge in [0, 0.05) is 26.2 Å². The molecule has 0 N–H and O–H groups in total. The van der Waals surface area contributed by atoms with E-state index in [9.17, 15) is 9.59 Å². The molecule has 0 unspecified atom stereocenters. The molecule has 0 aromatic heterocycles. The first-order valence-electron chi connectivity index (χ1n) is 15.1. The SMILES string of the molecule is CC(=O)O[C@H]1C[C@H]2CC[C@H]3[C@@H](CC[C@]4(C)[C@@H]5[C@H](C[C@H]34)O[C@]3(CC[C@@H](C)CO3)[C@H]5C)[C@@]2(C)C[C@@H]1OC(C)=O. The van der Waals surface area contributed by atoms with Gasteiger partial charge in [-0.1, -0.05) is 27.7 Å². The van der Waals surface area contributed by atoms with Gasteiger partial charge in [-0.2, -0.15) is 0 Å². The van der Waals surface area contributed by atoms with E-state index < -0.39 is 0 Å². The molecule has 6 nitrogen and oxygen atoms in total. The van der Waals surface area contributed by atoms with Gasteiger partial charge in [0.1, 0.15) is 12.2 Å². The Bertz CT molecular complexity index is 925. The van der Waals surface area contributed by atoms with Crippen LogP contribution in [0.5, 0.6) is 0 Å². The average molecular weight is 517 g/mol. The maximum absolute atomic E-state index is 12.0. The highest BCUT2D eigenvalue weighted by Gasteiger charge is 2.69. The number of carbonyl (C=O) groups excluding carboxylic acids is 2. The quantitative estimate of drug-likeness (QED) is 0.425. The molecule has 0 aromatic carbocycles. The summed E-state index contributed by atoms with van der Waals surface area (Å²) in [5.74, 6) is 3.21. The highest BCUT2D eigenvalue weighted by atomic mass is 16.7. The number of rotatable bonds is 2. The monoisotopic (exact) mass is 516 g/mol. The molecule has 2 heterocycles. The van der Waals surface area contributed by atoms with Crippen molar-refractivity contribution in [2.24, 2.45) is 52.3 Å². The minimum absolute atomic E-state index is 0.106. The van der Waals surface area contributed by atoms with Gasteiger partial charge in [-0.05, 0) is 97.7 Å². The predicted octanol–water partition coefficient (Wildman–Crippen LogP) is 5.91. The molecule has 6 heteroatoms. The second-order valence-electron chi connectivity index (χ2n) is 14.4. The zero-order valence-corrected chi connectivity index (χ0v) is 23.8. The van der Waals surface area contributed by atoms with Crippen LogP contribution in [0.25, 0.3) is 0 Å². The molecule has 4 saturated carbocycles. The predicted molar refractivity (Wildman–Crippen MR) is 138 cm³/mol. The van der Waals surface area contributed by atoms with E-state index in [4.69, 9.17) is 18.9 Å². The zero-order valence-electron chi connectivity index (χ0n) is 23.8. The molecular formula is C31H48O6. The Morgan fingerprint density at radius 3 is 2.24 bits per heavy atom. The Labute approximate surface area is 222 Å². The maximum atomic E-state index is 12.0. The lowest BCUT2D eigenvalue weighted by Gasteiger charge is -2.62. The van der Waals surface area contributed by atoms with Crippen molar-refractivity contribution in [1.82, 2.24) is 0 Å². The van der Waals surface area contributed by atoms with E-state index in [0.29, 0.717) is 52.9 Å². The van der Waals surface area contributed by atoms with E-state index >= 15 is 0 Å². The summed E-state index contributed by atoms with van der Waals surface area (Å²) in [6.45, 7) is 13.5. The van der Waals surface area contributed by atoms with Gasteiger partial charge in [0.25, 0.3) is 0 Å². The van der Waals surface area contributed by atoms with Gasteiger partial charge in [-0.3, -0.25) is 9.59 Å². The fourth-order valence-electron chi connectivity index (χ4n) is 10.9. The van der Waals surface area contributed by atoms with Crippen LogP contribution in [0.4, 0.5) is 0 Å². The summed E-state index contributed by atoms with van der Waals surface area (Å²) in [5, 5.41) is 0. The summed E-state index contributed by atoms with van der Waals surface area (Å²) in [4.78, 5) is 23.8. The number of esters is 2. The summed E-state index contributed by atoms with van der Waals surface area (Å²) < 4.78 is 24.9. The largest absolute Gasteiger partial charge is 0.459 e. The Kier molecular flexibility index (Phi) is 6.31. The highest BCUT2D eigenvalue weighted by molar-refractivity contribution is 5.67. The molecule has 208 valence electrons. The topological polar surface area (TPSA) is 71.1 Å². The molecule has 0 radical (unpaired) electrons. The van der Waals surface area contributed by atoms with E-state index in [1.807, 2.05) is 0 Å². The molecule has 6 aliphatic rings. The van der Waals surface area contributed by atoms with Gasteiger partial charge < -0.3 is 18.9 Å². The van der Waals surface area contributed by atoms with Gasteiger partial charge in [-0.15, -0.1) is 0 Å². The van der Waals surface area contributed by atoms with Gasteiger partial charge in [0.2, 0.25) is 0 Å². The number of hydrogen-bond donors (Lipinski definition) is 0. The van der Waals surface area contributed by atoms with Crippen LogP contribution in [0.15, 0.2) is 0 Å². The zero-order chi connectivity index (χ0) is 26.3. The lowest BCUT2D eigenvalue weighted by molar-refractivity contribution is -0.273. The summed E-state index contributed by atoms with van der Waals surface area (Å²) in [6.07, 6.45) is 9.57. The molecule has 6 rings (SSSR count). The fourth-order valence-corrected chi connectivity index (χ4v) is 10.9. The molecule has 1 spiro atoms. The van der Waals surface area contributed by atoms with Crippen LogP contribution in [0.3, 0.4) is 0 Å². The number of hydrogen-bond acceptors (Lipinski definition) is 6. The molecule has 13 atom stereocenters. The molecule has 0 amide bonds. The molecule has 2 aliphatic heterocycles. The van der Waals surface area contributed by atoms with E-state index in [1.165, 1.54) is 46.0 Å². The highest BCUT2D eigenvalue weighted by Crippen LogP contribution is 2.71. The molecule has 6 fully saturated rings. The minimum Gasteiger partial charge on any atom is -0.459 e. The van der Waals surface area contributed by atoms with Crippen LogP contribution < -0.4 is 0 Å². The van der Waals surface area contributed by atoms with E-state index in [2.05, 4.69) is 27.7 Å². The first-order chi connectivity index (χ1) is 17.5. The summed E-state index contributed by atoms with van der Waals surface area (Å²) in [7, 11) is 0. The first-order valence-corrected chi connectivity index (χ1v) is 15.1. The van der Waals surface area contributed by atoms with Gasteiger partial charge in [0.05, 0.1) is 12.7 Å². The van der Waals surface area contributed by atoms with Crippen LogP contribution in [0.1, 0.15) is 99.3 Å². The third-order valence-corrected chi connectivity index (χ3v) is 12.5. The van der Waals surface area contributed by atoms with Crippen molar-refractivity contribution in [2.45, 2.75) is 123 Å². The normalized spacial score (nSPS) is 54.5. The fraction of sp³-hybridized carbons (Fsp3) is 0.935. The maximum Gasteiger partial charge on any atom is 0.303 e. The second kappa shape index (κ2) is 8.94. The van der Waals surface area contributed by atoms with Crippen LogP contribution in [0.2, 0.25) is 0 Å². The summed E-state index contributed by atoms with van der Waals surface area (Å²) in [6, 6.07) is 0. The molecule has 2 saturated heterocycles. The third-order valence-electron chi connectivity index (χ3n) is 12.5. The third kappa shape index (κ3) is 3.93. The van der Waals surface area contributed by atoms with Crippen molar-refractivity contribution in [2.75, 3.05) is 6.61 Å². The Morgan fingerprint density at radius 2 is 1.57 bits per heavy atom. The Balaban J connectivity index is 1.23. The summed E-state index contributed by atoms with van der Waals surface area (Å²) in [5.41, 5.74) is 0.406. The van der Waals surface area contributed by atoms with Crippen LogP contribution in [-0.2, 0) is 28.5 Å². The number of carbonyl (C=O) groups is 2. The molecular weight excluding hydrogens is 468 g/mol. The van der Waals surface area contributed by atoms with E-state index in [0.717, 1.165) is 32.3 Å². The van der Waals surface area contributed by atoms with Crippen LogP contribution in [-0.4, -0.2) is 42.6 Å². The minimum atomic E-state index is -0.358. The Hall–Kier alpha value is -1.14. The number of fused-ring (bicyclic) bond motifs is 7. The summed E-state index contributed by atoms with van der Waals surface area (Å²) >= 11 is 0. The van der Waals surface area contributed by atoms with E-state index in [1.54, 1.807) is 0 Å². The van der Waals surface area contributed by atoms with Gasteiger partial charge in [-0.25, -0.2) is 0 Å². The Morgan fingerprint density at radius 1 is 0.838 bits per heavy atom. The lowest BCUT2D eigenvalue weighted by Crippen LogP contribution is -2.58. The van der Waals surface area contributed by atoms with Crippen molar-refractivity contribution < 1.29 is 28.5 Å². The van der Waals surface area contributed by atoms with Crippen molar-refractivity contribution in [3.05, 3.63) is 0 Å². The van der Waals surface area contributed by atoms with Crippen LogP contribution in [0, 0.1) is 52.3 Å². The van der Waals surface area contributed by atoms with Crippen molar-refractivity contribution in [3.8, 4) is 0 Å². The molecule has 37 heavy (non-hydrogen) atoms. The van der Waals surface area contributed by atoms with Crippen molar-refractivity contribution in [3.63, 3.8) is 0 Å². The lowest BCUT2D eigenvalue weighted by atomic mass is 9.44. The standard InChI is InChI=1S/C31H48O6/c1-17-9-12-31(34-16-17)18(2)28-26(37-31)14-24-22-8-7-21-13-25(35-19(3)32)27(36-20(4)33)15-30(21,6)23(22)10-11-29(24,28)5/h17-18,21-28H,7-16H2,1-6H3/t17-,18+,21-,22+,23-,24-,25+,26+,27+,28+,29+,30+,31-/m1/s1. The average Bonchev–Trinajstić information content (AvgIpc) is 3.26. The van der Waals surface area contributed by atoms with Crippen molar-refractivity contribution in [1.29, 1.82) is 0 Å². The van der Waals surface area contributed by atoms with Gasteiger partial charge >= 0.3 is 11.9 Å². The molecule has 0 bridgehead atoms. The van der Waals surface area contributed by atoms with E-state index in [-0.39, 0.29) is 35.3 Å².